The van der Waals surface area contributed by atoms with Crippen molar-refractivity contribution in [3.8, 4) is 11.1 Å². The number of anilines is 2. The molecule has 0 bridgehead atoms. The van der Waals surface area contributed by atoms with Crippen LogP contribution in [0, 0.1) is 6.92 Å². The van der Waals surface area contributed by atoms with E-state index in [9.17, 15) is 23.1 Å². The molecular formula is C26H29F3N4O3. The van der Waals surface area contributed by atoms with Crippen molar-refractivity contribution < 1.29 is 23.0 Å². The monoisotopic (exact) mass is 502 g/mol. The Morgan fingerprint density at radius 2 is 1.86 bits per heavy atom. The number of aryl methyl sites for hydroxylation is 2. The van der Waals surface area contributed by atoms with Crippen LogP contribution >= 0.6 is 0 Å². The van der Waals surface area contributed by atoms with Crippen LogP contribution in [0.3, 0.4) is 0 Å². The predicted octanol–water partition coefficient (Wildman–Crippen LogP) is 3.78. The van der Waals surface area contributed by atoms with Crippen molar-refractivity contribution in [3.05, 3.63) is 81.3 Å². The van der Waals surface area contributed by atoms with Gasteiger partial charge in [-0.25, -0.2) is 0 Å². The molecule has 2 aromatic carbocycles. The normalized spacial score (nSPS) is 15.1. The quantitative estimate of drug-likeness (QED) is 0.445. The summed E-state index contributed by atoms with van der Waals surface area (Å²) in [7, 11) is 1.69. The Morgan fingerprint density at radius 1 is 1.14 bits per heavy atom. The van der Waals surface area contributed by atoms with Gasteiger partial charge in [-0.2, -0.15) is 13.2 Å². The van der Waals surface area contributed by atoms with E-state index < -0.39 is 18.0 Å². The van der Waals surface area contributed by atoms with Gasteiger partial charge in [-0.3, -0.25) is 4.79 Å². The number of ether oxygens (including phenoxy) is 1. The van der Waals surface area contributed by atoms with E-state index >= 15 is 0 Å². The van der Waals surface area contributed by atoms with E-state index in [0.29, 0.717) is 37.7 Å². The molecule has 3 aromatic rings. The average molecular weight is 503 g/mol. The third-order valence-corrected chi connectivity index (χ3v) is 6.34. The molecule has 1 saturated heterocycles. The first-order valence-electron chi connectivity index (χ1n) is 11.6. The Labute approximate surface area is 206 Å². The highest BCUT2D eigenvalue weighted by Gasteiger charge is 2.33. The van der Waals surface area contributed by atoms with E-state index in [0.717, 1.165) is 22.8 Å². The first-order valence-corrected chi connectivity index (χ1v) is 11.6. The average Bonchev–Trinajstić information content (AvgIpc) is 2.86. The number of aromatic nitrogens is 1. The smallest absolute Gasteiger partial charge is 0.378 e. The highest BCUT2D eigenvalue weighted by atomic mass is 19.4. The van der Waals surface area contributed by atoms with E-state index in [2.05, 4.69) is 5.32 Å². The number of nitrogens with one attached hydrogen (secondary N) is 1. The molecule has 0 radical (unpaired) electrons. The van der Waals surface area contributed by atoms with E-state index in [1.807, 2.05) is 24.0 Å². The summed E-state index contributed by atoms with van der Waals surface area (Å²) in [5.41, 5.74) is 8.17. The van der Waals surface area contributed by atoms with Crippen LogP contribution in [-0.2, 0) is 24.5 Å². The van der Waals surface area contributed by atoms with Gasteiger partial charge in [0, 0.05) is 49.7 Å². The van der Waals surface area contributed by atoms with Gasteiger partial charge in [0.2, 0.25) is 0 Å². The molecular weight excluding hydrogens is 473 g/mol. The third kappa shape index (κ3) is 5.40. The summed E-state index contributed by atoms with van der Waals surface area (Å²) in [6.07, 6.45) is -4.21. The molecule has 10 heteroatoms. The third-order valence-electron chi connectivity index (χ3n) is 6.34. The van der Waals surface area contributed by atoms with Crippen LogP contribution in [0.1, 0.15) is 28.5 Å². The second-order valence-electron chi connectivity index (χ2n) is 8.82. The van der Waals surface area contributed by atoms with Crippen LogP contribution in [0.2, 0.25) is 0 Å². The maximum atomic E-state index is 13.4. The lowest BCUT2D eigenvalue weighted by Gasteiger charge is -2.29. The lowest BCUT2D eigenvalue weighted by atomic mass is 10.00. The number of benzene rings is 2. The lowest BCUT2D eigenvalue weighted by molar-refractivity contribution is -0.138. The second kappa shape index (κ2) is 10.3. The number of morpholine rings is 1. The van der Waals surface area contributed by atoms with Gasteiger partial charge in [0.05, 0.1) is 18.8 Å². The topological polar surface area (TPSA) is 92.8 Å². The van der Waals surface area contributed by atoms with Crippen molar-refractivity contribution in [2.24, 2.45) is 12.8 Å². The van der Waals surface area contributed by atoms with Gasteiger partial charge in [-0.1, -0.05) is 18.2 Å². The summed E-state index contributed by atoms with van der Waals surface area (Å²) < 4.78 is 47.2. The molecule has 192 valence electrons. The minimum Gasteiger partial charge on any atom is -0.378 e. The number of rotatable bonds is 6. The zero-order valence-corrected chi connectivity index (χ0v) is 20.1. The van der Waals surface area contributed by atoms with Crippen molar-refractivity contribution in [3.63, 3.8) is 0 Å². The van der Waals surface area contributed by atoms with E-state index in [4.69, 9.17) is 10.5 Å². The molecule has 0 spiro atoms. The molecule has 36 heavy (non-hydrogen) atoms. The summed E-state index contributed by atoms with van der Waals surface area (Å²) in [5, 5.41) is 13.6. The van der Waals surface area contributed by atoms with Gasteiger partial charge in [-0.05, 0) is 47.9 Å². The van der Waals surface area contributed by atoms with Crippen molar-refractivity contribution in [2.45, 2.75) is 25.9 Å². The van der Waals surface area contributed by atoms with Gasteiger partial charge in [0.1, 0.15) is 5.69 Å². The number of hydrogen-bond donors (Lipinski definition) is 3. The number of hydrogen-bond acceptors (Lipinski definition) is 6. The summed E-state index contributed by atoms with van der Waals surface area (Å²) in [6.45, 7) is 4.00. The Hall–Kier alpha value is -3.34. The largest absolute Gasteiger partial charge is 0.416 e. The van der Waals surface area contributed by atoms with Crippen molar-refractivity contribution in [1.82, 2.24) is 4.57 Å². The van der Waals surface area contributed by atoms with Crippen LogP contribution in [0.15, 0.2) is 53.5 Å². The minimum atomic E-state index is -4.58. The first kappa shape index (κ1) is 25.7. The highest BCUT2D eigenvalue weighted by Crippen LogP contribution is 2.34. The summed E-state index contributed by atoms with van der Waals surface area (Å²) in [6, 6.07) is 10.9. The van der Waals surface area contributed by atoms with Crippen LogP contribution in [0.5, 0.6) is 0 Å². The van der Waals surface area contributed by atoms with E-state index in [1.165, 1.54) is 16.7 Å². The molecule has 7 nitrogen and oxygen atoms in total. The lowest BCUT2D eigenvalue weighted by Crippen LogP contribution is -2.40. The van der Waals surface area contributed by atoms with Crippen LogP contribution < -0.4 is 21.5 Å². The van der Waals surface area contributed by atoms with Gasteiger partial charge in [0.15, 0.2) is 6.23 Å². The number of aliphatic hydroxyl groups excluding tert-OH is 1. The number of alkyl halides is 3. The Balaban J connectivity index is 1.65. The Bertz CT molecular complexity index is 1300. The minimum absolute atomic E-state index is 0.0400. The molecule has 2 heterocycles. The van der Waals surface area contributed by atoms with Crippen molar-refractivity contribution in [2.75, 3.05) is 36.5 Å². The van der Waals surface area contributed by atoms with E-state index in [-0.39, 0.29) is 23.2 Å². The van der Waals surface area contributed by atoms with E-state index in [1.54, 1.807) is 25.4 Å². The maximum absolute atomic E-state index is 13.4. The maximum Gasteiger partial charge on any atom is 0.416 e. The molecule has 0 saturated carbocycles. The first-order chi connectivity index (χ1) is 17.1. The fourth-order valence-corrected chi connectivity index (χ4v) is 4.34. The SMILES string of the molecule is Cc1ccc(NC(O)c2ccc(CN)c(C(F)(F)F)c2)cc1-c1cc(N2CCOCC2)c(=O)n(C)c1. The molecule has 4 N–H and O–H groups in total. The van der Waals surface area contributed by atoms with Crippen LogP contribution in [-0.4, -0.2) is 36.0 Å². The Kier molecular flexibility index (Phi) is 7.39. The number of aliphatic hydroxyl groups is 1. The second-order valence-corrected chi connectivity index (χ2v) is 8.82. The number of pyridine rings is 1. The molecule has 0 amide bonds. The molecule has 1 aromatic heterocycles. The van der Waals surface area contributed by atoms with Gasteiger partial charge < -0.3 is 30.4 Å². The molecule has 1 fully saturated rings. The fraction of sp³-hybridized carbons (Fsp3) is 0.346. The van der Waals surface area contributed by atoms with Gasteiger partial charge >= 0.3 is 6.18 Å². The molecule has 1 aliphatic rings. The molecule has 4 rings (SSSR count). The van der Waals surface area contributed by atoms with Gasteiger partial charge in [0.25, 0.3) is 5.56 Å². The molecule has 0 aliphatic carbocycles. The van der Waals surface area contributed by atoms with Crippen molar-refractivity contribution >= 4 is 11.4 Å². The van der Waals surface area contributed by atoms with Crippen LogP contribution in [0.4, 0.5) is 24.5 Å². The number of nitrogens with zero attached hydrogens (tertiary/aromatic N) is 2. The predicted molar refractivity (Wildman–Crippen MR) is 133 cm³/mol. The number of halogens is 3. The number of nitrogens with two attached hydrogens (primary N) is 1. The summed E-state index contributed by atoms with van der Waals surface area (Å²) >= 11 is 0. The standard InChI is InChI=1S/C26H29F3N4O3/c1-16-3-6-20(31-24(34)17-4-5-18(14-30)22(11-17)26(27,28)29)13-21(16)19-12-23(25(35)32(2)15-19)33-7-9-36-10-8-33/h3-6,11-13,15,24,31,34H,7-10,14,30H2,1-2H3. The summed E-state index contributed by atoms with van der Waals surface area (Å²) in [4.78, 5) is 14.8. The zero-order valence-electron chi connectivity index (χ0n) is 20.1. The van der Waals surface area contributed by atoms with Gasteiger partial charge in [-0.15, -0.1) is 0 Å². The Morgan fingerprint density at radius 3 is 2.53 bits per heavy atom. The fourth-order valence-electron chi connectivity index (χ4n) is 4.34. The highest BCUT2D eigenvalue weighted by molar-refractivity contribution is 5.74. The van der Waals surface area contributed by atoms with Crippen molar-refractivity contribution in [1.29, 1.82) is 0 Å². The molecule has 1 unspecified atom stereocenters. The molecule has 1 atom stereocenters. The zero-order chi connectivity index (χ0) is 26.0. The molecule has 1 aliphatic heterocycles. The summed E-state index contributed by atoms with van der Waals surface area (Å²) in [5.74, 6) is 0. The van der Waals surface area contributed by atoms with Crippen LogP contribution in [0.25, 0.3) is 11.1 Å².